The van der Waals surface area contributed by atoms with Crippen molar-refractivity contribution in [1.29, 1.82) is 0 Å². The van der Waals surface area contributed by atoms with Gasteiger partial charge in [-0.15, -0.1) is 8.98 Å². The molecule has 9 nitrogen and oxygen atoms in total. The molecule has 0 N–H and O–H groups in total. The molecule has 2 saturated heterocycles. The average molecular weight is 538 g/mol. The van der Waals surface area contributed by atoms with Gasteiger partial charge in [0.05, 0.1) is 22.7 Å². The van der Waals surface area contributed by atoms with Crippen LogP contribution >= 0.6 is 0 Å². The summed E-state index contributed by atoms with van der Waals surface area (Å²) < 4.78 is 45.0. The Labute approximate surface area is 219 Å². The molecule has 6 rings (SSSR count). The molecular weight excluding hydrogens is 509 g/mol. The number of hydrogen-bond acceptors (Lipinski definition) is 7. The molecule has 2 fully saturated rings. The Morgan fingerprint density at radius 1 is 1.03 bits per heavy atom. The fraction of sp³-hybridized carbons (Fsp3) is 0.370. The Hall–Kier alpha value is -3.57. The van der Waals surface area contributed by atoms with E-state index >= 15 is 0 Å². The second kappa shape index (κ2) is 9.63. The molecule has 0 unspecified atom stereocenters. The van der Waals surface area contributed by atoms with Crippen molar-refractivity contribution >= 4 is 21.1 Å². The number of nitrogens with zero attached hydrogens (tertiary/aromatic N) is 5. The summed E-state index contributed by atoms with van der Waals surface area (Å²) in [6.07, 6.45) is 6.00. The van der Waals surface area contributed by atoms with E-state index in [1.807, 2.05) is 35.1 Å². The van der Waals surface area contributed by atoms with Gasteiger partial charge in [0.15, 0.2) is 0 Å². The number of benzene rings is 2. The summed E-state index contributed by atoms with van der Waals surface area (Å²) in [7, 11) is -2.94. The second-order valence-electron chi connectivity index (χ2n) is 10.2. The van der Waals surface area contributed by atoms with Crippen molar-refractivity contribution in [2.75, 3.05) is 0 Å². The minimum Gasteiger partial charge on any atom is -0.486 e. The molecule has 0 radical (unpaired) electrons. The molecule has 198 valence electrons. The van der Waals surface area contributed by atoms with Crippen LogP contribution in [-0.4, -0.2) is 45.0 Å². The maximum absolute atomic E-state index is 13.2. The first-order chi connectivity index (χ1) is 18.3. The van der Waals surface area contributed by atoms with E-state index in [9.17, 15) is 17.1 Å². The monoisotopic (exact) mass is 537 g/mol. The highest BCUT2D eigenvalue weighted by molar-refractivity contribution is 7.86. The number of para-hydroxylation sites is 1. The van der Waals surface area contributed by atoms with Gasteiger partial charge in [-0.05, 0) is 55.5 Å². The van der Waals surface area contributed by atoms with Gasteiger partial charge in [-0.25, -0.2) is 4.68 Å². The van der Waals surface area contributed by atoms with Crippen molar-refractivity contribution in [3.8, 4) is 5.75 Å². The fourth-order valence-electron chi connectivity index (χ4n) is 5.90. The zero-order valence-corrected chi connectivity index (χ0v) is 21.7. The lowest BCUT2D eigenvalue weighted by Gasteiger charge is -2.38. The number of pyridine rings is 1. The van der Waals surface area contributed by atoms with Crippen LogP contribution in [0.1, 0.15) is 43.0 Å². The Balaban J connectivity index is 1.11. The molecule has 0 amide bonds. The Morgan fingerprint density at radius 3 is 2.45 bits per heavy atom. The first-order valence-electron chi connectivity index (χ1n) is 12.7. The summed E-state index contributed by atoms with van der Waals surface area (Å²) in [4.78, 5) is 14.5. The second-order valence-corrected chi connectivity index (χ2v) is 11.5. The summed E-state index contributed by atoms with van der Waals surface area (Å²) in [6.45, 7) is 0.920. The molecule has 3 atom stereocenters. The number of hydrogen-bond donors (Lipinski definition) is 0. The third-order valence-corrected chi connectivity index (χ3v) is 8.69. The molecule has 0 saturated carbocycles. The van der Waals surface area contributed by atoms with Crippen LogP contribution in [0.4, 0.5) is 3.89 Å². The van der Waals surface area contributed by atoms with E-state index in [0.717, 1.165) is 42.1 Å². The smallest absolute Gasteiger partial charge is 0.332 e. The molecule has 2 aromatic carbocycles. The molecule has 4 aromatic rings. The Morgan fingerprint density at radius 2 is 1.74 bits per heavy atom. The van der Waals surface area contributed by atoms with E-state index in [1.54, 1.807) is 23.7 Å². The topological polar surface area (TPSA) is 99.3 Å². The standard InChI is InChI=1S/C27H28FN5O4S/c1-31-25-5-3-2-4-24(25)26(14-27(31)34)37-17-19-16-33(30-29-19)22-12-20-8-9-21(13-22)32(20)15-18-6-10-23(11-7-18)38(28,35)36/h2-7,10-11,14,16,20-22H,8-9,12-13,15,17H2,1H3/t20-,21+,22-. The lowest BCUT2D eigenvalue weighted by atomic mass is 9.96. The minimum atomic E-state index is -4.68. The molecule has 11 heteroatoms. The zero-order chi connectivity index (χ0) is 26.4. The quantitative estimate of drug-likeness (QED) is 0.331. The van der Waals surface area contributed by atoms with Crippen molar-refractivity contribution in [2.24, 2.45) is 7.05 Å². The lowest BCUT2D eigenvalue weighted by Crippen LogP contribution is -2.42. The number of halogens is 1. The SMILES string of the molecule is Cn1c(=O)cc(OCc2cn([C@@H]3C[C@H]4CC[C@@H](C3)N4Cc3ccc(S(=O)(=O)F)cc3)nn2)c2ccccc21. The zero-order valence-electron chi connectivity index (χ0n) is 20.9. The number of rotatable bonds is 7. The summed E-state index contributed by atoms with van der Waals surface area (Å²) in [5, 5.41) is 9.59. The van der Waals surface area contributed by atoms with E-state index in [0.29, 0.717) is 30.1 Å². The van der Waals surface area contributed by atoms with Crippen LogP contribution in [0.2, 0.25) is 0 Å². The molecular formula is C27H28FN5O4S. The molecule has 2 aromatic heterocycles. The van der Waals surface area contributed by atoms with Crippen LogP contribution in [0.25, 0.3) is 10.9 Å². The third kappa shape index (κ3) is 4.71. The maximum Gasteiger partial charge on any atom is 0.332 e. The Bertz CT molecular complexity index is 1640. The number of aryl methyl sites for hydroxylation is 1. The molecule has 2 bridgehead atoms. The van der Waals surface area contributed by atoms with Gasteiger partial charge in [-0.2, -0.15) is 8.42 Å². The fourth-order valence-corrected chi connectivity index (χ4v) is 6.36. The highest BCUT2D eigenvalue weighted by Gasteiger charge is 2.41. The van der Waals surface area contributed by atoms with Gasteiger partial charge in [0.2, 0.25) is 0 Å². The van der Waals surface area contributed by atoms with Crippen LogP contribution in [0.5, 0.6) is 5.75 Å². The molecule has 2 aliphatic heterocycles. The number of piperidine rings is 1. The van der Waals surface area contributed by atoms with E-state index in [1.165, 1.54) is 18.2 Å². The van der Waals surface area contributed by atoms with Gasteiger partial charge < -0.3 is 9.30 Å². The molecule has 0 spiro atoms. The number of fused-ring (bicyclic) bond motifs is 3. The molecule has 38 heavy (non-hydrogen) atoms. The maximum atomic E-state index is 13.2. The van der Waals surface area contributed by atoms with Gasteiger partial charge in [0.25, 0.3) is 5.56 Å². The van der Waals surface area contributed by atoms with Gasteiger partial charge in [-0.1, -0.05) is 29.5 Å². The van der Waals surface area contributed by atoms with Gasteiger partial charge in [-0.3, -0.25) is 9.69 Å². The molecule has 4 heterocycles. The number of ether oxygens (including phenoxy) is 1. The van der Waals surface area contributed by atoms with Crippen molar-refractivity contribution in [3.63, 3.8) is 0 Å². The summed E-state index contributed by atoms with van der Waals surface area (Å²) in [6, 6.07) is 16.2. The van der Waals surface area contributed by atoms with Crippen LogP contribution in [0.15, 0.2) is 70.5 Å². The van der Waals surface area contributed by atoms with E-state index < -0.39 is 10.2 Å². The van der Waals surface area contributed by atoms with Crippen LogP contribution in [0.3, 0.4) is 0 Å². The highest BCUT2D eigenvalue weighted by atomic mass is 32.3. The largest absolute Gasteiger partial charge is 0.486 e. The lowest BCUT2D eigenvalue weighted by molar-refractivity contribution is 0.0944. The first kappa shape index (κ1) is 24.7. The van der Waals surface area contributed by atoms with Crippen LogP contribution in [0, 0.1) is 0 Å². The van der Waals surface area contributed by atoms with E-state index in [-0.39, 0.29) is 23.1 Å². The van der Waals surface area contributed by atoms with E-state index in [4.69, 9.17) is 4.74 Å². The summed E-state index contributed by atoms with van der Waals surface area (Å²) in [5.74, 6) is 0.529. The minimum absolute atomic E-state index is 0.132. The molecule has 2 aliphatic rings. The van der Waals surface area contributed by atoms with Crippen LogP contribution in [-0.2, 0) is 30.4 Å². The summed E-state index contributed by atoms with van der Waals surface area (Å²) in [5.41, 5.74) is 2.35. The first-order valence-corrected chi connectivity index (χ1v) is 14.1. The Kier molecular flexibility index (Phi) is 6.27. The van der Waals surface area contributed by atoms with Gasteiger partial charge >= 0.3 is 10.2 Å². The van der Waals surface area contributed by atoms with Crippen molar-refractivity contribution in [3.05, 3.63) is 82.4 Å². The van der Waals surface area contributed by atoms with Crippen molar-refractivity contribution in [1.82, 2.24) is 24.5 Å². The van der Waals surface area contributed by atoms with Crippen molar-refractivity contribution < 1.29 is 17.0 Å². The molecule has 0 aliphatic carbocycles. The van der Waals surface area contributed by atoms with Crippen LogP contribution < -0.4 is 10.3 Å². The van der Waals surface area contributed by atoms with Crippen molar-refractivity contribution in [2.45, 2.75) is 61.9 Å². The average Bonchev–Trinajstić information content (AvgIpc) is 3.46. The van der Waals surface area contributed by atoms with Gasteiger partial charge in [0.1, 0.15) is 18.1 Å². The highest BCUT2D eigenvalue weighted by Crippen LogP contribution is 2.41. The predicted molar refractivity (Wildman–Crippen MR) is 139 cm³/mol. The van der Waals surface area contributed by atoms with E-state index in [2.05, 4.69) is 15.2 Å². The normalized spacial score (nSPS) is 21.7. The third-order valence-electron chi connectivity index (χ3n) is 7.85. The van der Waals surface area contributed by atoms with Gasteiger partial charge in [0, 0.05) is 37.1 Å². The predicted octanol–water partition coefficient (Wildman–Crippen LogP) is 3.74. The summed E-state index contributed by atoms with van der Waals surface area (Å²) >= 11 is 0. The number of aromatic nitrogens is 4.